The van der Waals surface area contributed by atoms with Crippen LogP contribution in [0.1, 0.15) is 18.5 Å². The number of rotatable bonds is 7. The van der Waals surface area contributed by atoms with Gasteiger partial charge in [-0.15, -0.1) is 0 Å². The fourth-order valence-corrected chi connectivity index (χ4v) is 3.00. The number of nitrogens with one attached hydrogen (secondary N) is 3. The molecule has 27 heavy (non-hydrogen) atoms. The minimum absolute atomic E-state index is 0.288. The first-order chi connectivity index (χ1) is 13.2. The van der Waals surface area contributed by atoms with E-state index < -0.39 is 0 Å². The van der Waals surface area contributed by atoms with Gasteiger partial charge in [0, 0.05) is 37.9 Å². The Labute approximate surface area is 159 Å². The number of para-hydroxylation sites is 2. The molecule has 3 N–H and O–H groups in total. The lowest BCUT2D eigenvalue weighted by Crippen LogP contribution is -2.33. The van der Waals surface area contributed by atoms with Crippen LogP contribution < -0.4 is 25.6 Å². The van der Waals surface area contributed by atoms with E-state index in [1.807, 2.05) is 25.1 Å². The van der Waals surface area contributed by atoms with E-state index in [0.29, 0.717) is 30.5 Å². The average Bonchev–Trinajstić information content (AvgIpc) is 3.20. The fraction of sp³-hybridized carbons (Fsp3) is 0.421. The Kier molecular flexibility index (Phi) is 6.30. The van der Waals surface area contributed by atoms with Crippen molar-refractivity contribution < 1.29 is 9.53 Å². The van der Waals surface area contributed by atoms with Gasteiger partial charge in [0.1, 0.15) is 11.6 Å². The van der Waals surface area contributed by atoms with Crippen LogP contribution in [0.25, 0.3) is 0 Å². The van der Waals surface area contributed by atoms with E-state index in [9.17, 15) is 4.79 Å². The molecule has 0 unspecified atom stereocenters. The Morgan fingerprint density at radius 2 is 1.96 bits per heavy atom. The number of hydrogen-bond acceptors (Lipinski definition) is 6. The number of aromatic nitrogens is 2. The summed E-state index contributed by atoms with van der Waals surface area (Å²) < 4.78 is 5.22. The maximum absolute atomic E-state index is 12.0. The Morgan fingerprint density at radius 1 is 1.19 bits per heavy atom. The van der Waals surface area contributed by atoms with Crippen molar-refractivity contribution in [2.24, 2.45) is 0 Å². The number of methoxy groups -OCH3 is 1. The number of carbonyl (C=O) groups excluding carboxylic acids is 1. The number of aryl methyl sites for hydroxylation is 1. The van der Waals surface area contributed by atoms with Crippen LogP contribution in [-0.2, 0) is 0 Å². The molecule has 1 aliphatic heterocycles. The topological polar surface area (TPSA) is 91.4 Å². The third kappa shape index (κ3) is 5.22. The fourth-order valence-electron chi connectivity index (χ4n) is 3.00. The van der Waals surface area contributed by atoms with Crippen LogP contribution in [-0.4, -0.2) is 49.3 Å². The highest BCUT2D eigenvalue weighted by Crippen LogP contribution is 2.22. The van der Waals surface area contributed by atoms with E-state index in [1.165, 1.54) is 12.8 Å². The Morgan fingerprint density at radius 3 is 2.74 bits per heavy atom. The van der Waals surface area contributed by atoms with E-state index in [0.717, 1.165) is 24.6 Å². The molecule has 0 bridgehead atoms. The zero-order valence-corrected chi connectivity index (χ0v) is 15.8. The molecule has 2 aromatic rings. The molecule has 0 radical (unpaired) electrons. The second kappa shape index (κ2) is 9.07. The maximum Gasteiger partial charge on any atom is 0.319 e. The molecule has 1 fully saturated rings. The number of urea groups is 1. The number of hydrogen-bond donors (Lipinski definition) is 3. The summed E-state index contributed by atoms with van der Waals surface area (Å²) in [7, 11) is 1.57. The zero-order chi connectivity index (χ0) is 19.1. The van der Waals surface area contributed by atoms with Gasteiger partial charge >= 0.3 is 6.03 Å². The maximum atomic E-state index is 12.0. The third-order valence-corrected chi connectivity index (χ3v) is 4.32. The van der Waals surface area contributed by atoms with E-state index in [4.69, 9.17) is 4.74 Å². The highest BCUT2D eigenvalue weighted by molar-refractivity contribution is 5.90. The molecule has 1 aromatic heterocycles. The van der Waals surface area contributed by atoms with Gasteiger partial charge in [0.05, 0.1) is 12.8 Å². The number of nitrogens with zero attached hydrogens (tertiary/aromatic N) is 3. The third-order valence-electron chi connectivity index (χ3n) is 4.32. The van der Waals surface area contributed by atoms with Gasteiger partial charge < -0.3 is 25.6 Å². The van der Waals surface area contributed by atoms with Gasteiger partial charge in [-0.25, -0.2) is 9.78 Å². The number of benzene rings is 1. The lowest BCUT2D eigenvalue weighted by atomic mass is 10.3. The van der Waals surface area contributed by atoms with Gasteiger partial charge in [0.15, 0.2) is 0 Å². The SMILES string of the molecule is COc1ccccc1NC(=O)NCCNc1nc(C)cc(N2CCCC2)n1. The van der Waals surface area contributed by atoms with Crippen LogP contribution in [0.5, 0.6) is 5.75 Å². The Hall–Kier alpha value is -3.03. The van der Waals surface area contributed by atoms with E-state index >= 15 is 0 Å². The largest absolute Gasteiger partial charge is 0.495 e. The molecule has 0 spiro atoms. The molecule has 3 rings (SSSR count). The molecule has 0 saturated carbocycles. The summed E-state index contributed by atoms with van der Waals surface area (Å²) in [5.74, 6) is 2.17. The molecular weight excluding hydrogens is 344 g/mol. The Balaban J connectivity index is 1.46. The van der Waals surface area contributed by atoms with E-state index in [2.05, 4.69) is 30.8 Å². The van der Waals surface area contributed by atoms with Gasteiger partial charge in [0.2, 0.25) is 5.95 Å². The van der Waals surface area contributed by atoms with Crippen molar-refractivity contribution in [1.29, 1.82) is 0 Å². The van der Waals surface area contributed by atoms with Gasteiger partial charge in [0.25, 0.3) is 0 Å². The highest BCUT2D eigenvalue weighted by Gasteiger charge is 2.15. The molecule has 1 aliphatic rings. The molecule has 1 aromatic carbocycles. The number of ether oxygens (including phenoxy) is 1. The summed E-state index contributed by atoms with van der Waals surface area (Å²) in [6, 6.07) is 9.00. The van der Waals surface area contributed by atoms with Crippen LogP contribution in [0.2, 0.25) is 0 Å². The minimum Gasteiger partial charge on any atom is -0.495 e. The van der Waals surface area contributed by atoms with Crippen molar-refractivity contribution in [2.75, 3.05) is 48.8 Å². The first kappa shape index (κ1) is 18.8. The second-order valence-corrected chi connectivity index (χ2v) is 6.39. The monoisotopic (exact) mass is 370 g/mol. The van der Waals surface area contributed by atoms with Crippen LogP contribution in [0, 0.1) is 6.92 Å². The van der Waals surface area contributed by atoms with Crippen LogP contribution in [0.15, 0.2) is 30.3 Å². The Bertz CT molecular complexity index is 777. The molecule has 0 atom stereocenters. The number of amides is 2. The quantitative estimate of drug-likeness (QED) is 0.649. The predicted molar refractivity (Wildman–Crippen MR) is 107 cm³/mol. The highest BCUT2D eigenvalue weighted by atomic mass is 16.5. The minimum atomic E-state index is -0.288. The number of anilines is 3. The van der Waals surface area contributed by atoms with E-state index in [-0.39, 0.29) is 6.03 Å². The standard InChI is InChI=1S/C19H26N6O2/c1-14-13-17(25-11-5-6-12-25)24-18(22-14)20-9-10-21-19(26)23-15-7-3-4-8-16(15)27-2/h3-4,7-8,13H,5-6,9-12H2,1-2H3,(H,20,22,24)(H2,21,23,26). The summed E-state index contributed by atoms with van der Waals surface area (Å²) in [6.45, 7) is 5.02. The molecule has 8 nitrogen and oxygen atoms in total. The first-order valence-electron chi connectivity index (χ1n) is 9.18. The molecule has 0 aliphatic carbocycles. The van der Waals surface area contributed by atoms with Gasteiger partial charge in [-0.05, 0) is 31.9 Å². The average molecular weight is 370 g/mol. The van der Waals surface area contributed by atoms with Crippen LogP contribution >= 0.6 is 0 Å². The van der Waals surface area contributed by atoms with Crippen LogP contribution in [0.3, 0.4) is 0 Å². The smallest absolute Gasteiger partial charge is 0.319 e. The first-order valence-corrected chi connectivity index (χ1v) is 9.18. The van der Waals surface area contributed by atoms with E-state index in [1.54, 1.807) is 19.2 Å². The van der Waals surface area contributed by atoms with Crippen molar-refractivity contribution in [2.45, 2.75) is 19.8 Å². The normalized spacial score (nSPS) is 13.3. The number of carbonyl (C=O) groups is 1. The van der Waals surface area contributed by atoms with Crippen molar-refractivity contribution in [3.8, 4) is 5.75 Å². The molecule has 2 amide bonds. The van der Waals surface area contributed by atoms with Crippen molar-refractivity contribution in [3.05, 3.63) is 36.0 Å². The second-order valence-electron chi connectivity index (χ2n) is 6.39. The molecular formula is C19H26N6O2. The predicted octanol–water partition coefficient (Wildman–Crippen LogP) is 2.63. The molecule has 1 saturated heterocycles. The summed E-state index contributed by atoms with van der Waals surface area (Å²) in [5.41, 5.74) is 1.55. The molecule has 2 heterocycles. The zero-order valence-electron chi connectivity index (χ0n) is 15.8. The van der Waals surface area contributed by atoms with Gasteiger partial charge in [-0.1, -0.05) is 12.1 Å². The van der Waals surface area contributed by atoms with Gasteiger partial charge in [-0.2, -0.15) is 4.98 Å². The summed E-state index contributed by atoms with van der Waals surface area (Å²) in [6.07, 6.45) is 2.41. The lowest BCUT2D eigenvalue weighted by molar-refractivity contribution is 0.252. The summed E-state index contributed by atoms with van der Waals surface area (Å²) in [4.78, 5) is 23.3. The molecule has 8 heteroatoms. The summed E-state index contributed by atoms with van der Waals surface area (Å²) >= 11 is 0. The van der Waals surface area contributed by atoms with Crippen molar-refractivity contribution >= 4 is 23.5 Å². The van der Waals surface area contributed by atoms with Crippen LogP contribution in [0.4, 0.5) is 22.2 Å². The molecule has 144 valence electrons. The van der Waals surface area contributed by atoms with Gasteiger partial charge in [-0.3, -0.25) is 0 Å². The lowest BCUT2D eigenvalue weighted by Gasteiger charge is -2.17. The van der Waals surface area contributed by atoms with Crippen molar-refractivity contribution in [1.82, 2.24) is 15.3 Å². The summed E-state index contributed by atoms with van der Waals surface area (Å²) in [5, 5.41) is 8.75. The van der Waals surface area contributed by atoms with Crippen molar-refractivity contribution in [3.63, 3.8) is 0 Å².